The van der Waals surface area contributed by atoms with Crippen LogP contribution in [0, 0.1) is 11.6 Å². The summed E-state index contributed by atoms with van der Waals surface area (Å²) in [6.45, 7) is 2.45. The van der Waals surface area contributed by atoms with E-state index in [-0.39, 0.29) is 17.7 Å². The van der Waals surface area contributed by atoms with Crippen LogP contribution < -0.4 is 11.5 Å². The third-order valence-corrected chi connectivity index (χ3v) is 4.31. The van der Waals surface area contributed by atoms with Crippen molar-refractivity contribution in [3.05, 3.63) is 68.1 Å². The van der Waals surface area contributed by atoms with Crippen LogP contribution in [-0.2, 0) is 6.42 Å². The molecule has 0 aliphatic heterocycles. The molecule has 0 aliphatic rings. The average Bonchev–Trinajstić information content (AvgIpc) is 2.42. The second-order valence-electron chi connectivity index (χ2n) is 4.73. The molecular formula is C16H18Br2F2N2. The van der Waals surface area contributed by atoms with Gasteiger partial charge in [0.1, 0.15) is 11.6 Å². The molecule has 0 radical (unpaired) electrons. The summed E-state index contributed by atoms with van der Waals surface area (Å²) in [7, 11) is 0. The van der Waals surface area contributed by atoms with Gasteiger partial charge < -0.3 is 11.5 Å². The van der Waals surface area contributed by atoms with Gasteiger partial charge in [0.15, 0.2) is 0 Å². The van der Waals surface area contributed by atoms with E-state index in [1.807, 2.05) is 6.92 Å². The lowest BCUT2D eigenvalue weighted by Crippen LogP contribution is -2.05. The van der Waals surface area contributed by atoms with Crippen molar-refractivity contribution in [3.63, 3.8) is 0 Å². The Morgan fingerprint density at radius 1 is 1.00 bits per heavy atom. The summed E-state index contributed by atoms with van der Waals surface area (Å²) in [4.78, 5) is 0. The number of halogens is 4. The second-order valence-corrected chi connectivity index (χ2v) is 6.44. The van der Waals surface area contributed by atoms with Crippen LogP contribution in [0.3, 0.4) is 0 Å². The molecule has 0 aromatic heterocycles. The first-order valence-corrected chi connectivity index (χ1v) is 8.28. The quantitative estimate of drug-likeness (QED) is 0.734. The summed E-state index contributed by atoms with van der Waals surface area (Å²) in [5.74, 6) is -0.473. The van der Waals surface area contributed by atoms with Gasteiger partial charge in [-0.25, -0.2) is 8.78 Å². The summed E-state index contributed by atoms with van der Waals surface area (Å²) in [6.07, 6.45) is 0.779. The average molecular weight is 436 g/mol. The number of hydrogen-bond donors (Lipinski definition) is 2. The van der Waals surface area contributed by atoms with Gasteiger partial charge in [0, 0.05) is 15.0 Å². The lowest BCUT2D eigenvalue weighted by molar-refractivity contribution is 0.624. The SMILES string of the molecule is CC(N)c1ccc(F)cc1Br.NCCc1ccc(F)cc1Br. The van der Waals surface area contributed by atoms with Crippen LogP contribution in [0.1, 0.15) is 24.1 Å². The molecule has 0 saturated heterocycles. The highest BCUT2D eigenvalue weighted by Gasteiger charge is 2.04. The van der Waals surface area contributed by atoms with E-state index in [1.165, 1.54) is 24.3 Å². The highest BCUT2D eigenvalue weighted by atomic mass is 79.9. The van der Waals surface area contributed by atoms with Crippen LogP contribution in [0.4, 0.5) is 8.78 Å². The normalized spacial score (nSPS) is 11.6. The number of nitrogens with two attached hydrogens (primary N) is 2. The van der Waals surface area contributed by atoms with Crippen molar-refractivity contribution in [3.8, 4) is 0 Å². The molecule has 0 amide bonds. The summed E-state index contributed by atoms with van der Waals surface area (Å²) in [5.41, 5.74) is 12.9. The first kappa shape index (κ1) is 19.2. The molecule has 120 valence electrons. The van der Waals surface area contributed by atoms with E-state index in [1.54, 1.807) is 12.1 Å². The zero-order chi connectivity index (χ0) is 16.7. The zero-order valence-electron chi connectivity index (χ0n) is 12.1. The Morgan fingerprint density at radius 2 is 1.55 bits per heavy atom. The highest BCUT2D eigenvalue weighted by Crippen LogP contribution is 2.22. The Hall–Kier alpha value is -0.820. The lowest BCUT2D eigenvalue weighted by Gasteiger charge is -2.07. The first-order valence-electron chi connectivity index (χ1n) is 6.69. The Morgan fingerprint density at radius 3 is 2.00 bits per heavy atom. The number of benzene rings is 2. The molecule has 0 saturated carbocycles. The molecule has 2 aromatic rings. The molecule has 0 aliphatic carbocycles. The third kappa shape index (κ3) is 6.12. The molecule has 2 nitrogen and oxygen atoms in total. The van der Waals surface area contributed by atoms with Gasteiger partial charge in [-0.3, -0.25) is 0 Å². The minimum atomic E-state index is -0.249. The van der Waals surface area contributed by atoms with E-state index >= 15 is 0 Å². The second kappa shape index (κ2) is 9.35. The minimum absolute atomic E-state index is 0.0648. The molecule has 0 bridgehead atoms. The molecule has 0 fully saturated rings. The summed E-state index contributed by atoms with van der Waals surface area (Å²) >= 11 is 6.48. The van der Waals surface area contributed by atoms with E-state index < -0.39 is 0 Å². The van der Waals surface area contributed by atoms with E-state index in [4.69, 9.17) is 11.5 Å². The largest absolute Gasteiger partial charge is 0.330 e. The molecule has 4 N–H and O–H groups in total. The van der Waals surface area contributed by atoms with Gasteiger partial charge in [0.25, 0.3) is 0 Å². The van der Waals surface area contributed by atoms with E-state index in [0.717, 1.165) is 26.5 Å². The molecule has 22 heavy (non-hydrogen) atoms. The van der Waals surface area contributed by atoms with Gasteiger partial charge in [-0.1, -0.05) is 44.0 Å². The standard InChI is InChI=1S/2C8H9BrFN/c1-5(11)7-3-2-6(10)4-8(7)9;9-8-5-7(10)2-1-6(8)3-4-11/h2-5H,11H2,1H3;1-2,5H,3-4,11H2. The summed E-state index contributed by atoms with van der Waals surface area (Å²) < 4.78 is 26.6. The van der Waals surface area contributed by atoms with Crippen LogP contribution >= 0.6 is 31.9 Å². The molecular weight excluding hydrogens is 418 g/mol. The molecule has 2 aromatic carbocycles. The topological polar surface area (TPSA) is 52.0 Å². The number of hydrogen-bond acceptors (Lipinski definition) is 2. The van der Waals surface area contributed by atoms with Crippen molar-refractivity contribution < 1.29 is 8.78 Å². The van der Waals surface area contributed by atoms with Gasteiger partial charge in [-0.15, -0.1) is 0 Å². The van der Waals surface area contributed by atoms with Gasteiger partial charge in [-0.2, -0.15) is 0 Å². The predicted octanol–water partition coefficient (Wildman–Crippen LogP) is 4.70. The van der Waals surface area contributed by atoms with Gasteiger partial charge in [0.05, 0.1) is 0 Å². The van der Waals surface area contributed by atoms with Gasteiger partial charge >= 0.3 is 0 Å². The van der Waals surface area contributed by atoms with Crippen molar-refractivity contribution in [2.75, 3.05) is 6.54 Å². The Balaban J connectivity index is 0.000000220. The van der Waals surface area contributed by atoms with Crippen LogP contribution in [0.25, 0.3) is 0 Å². The lowest BCUT2D eigenvalue weighted by atomic mass is 10.1. The van der Waals surface area contributed by atoms with Crippen LogP contribution in [0.2, 0.25) is 0 Å². The van der Waals surface area contributed by atoms with Gasteiger partial charge in [0.2, 0.25) is 0 Å². The Labute approximate surface area is 146 Å². The van der Waals surface area contributed by atoms with E-state index in [0.29, 0.717) is 6.54 Å². The van der Waals surface area contributed by atoms with Crippen LogP contribution in [0.5, 0.6) is 0 Å². The molecule has 2 rings (SSSR count). The van der Waals surface area contributed by atoms with E-state index in [9.17, 15) is 8.78 Å². The summed E-state index contributed by atoms with van der Waals surface area (Å²) in [5, 5.41) is 0. The first-order chi connectivity index (χ1) is 10.3. The maximum Gasteiger partial charge on any atom is 0.124 e. The Bertz CT molecular complexity index is 619. The Kier molecular flexibility index (Phi) is 8.17. The zero-order valence-corrected chi connectivity index (χ0v) is 15.3. The molecule has 0 heterocycles. The fourth-order valence-electron chi connectivity index (χ4n) is 1.75. The van der Waals surface area contributed by atoms with E-state index in [2.05, 4.69) is 31.9 Å². The number of rotatable bonds is 3. The molecule has 6 heteroatoms. The van der Waals surface area contributed by atoms with Crippen molar-refractivity contribution in [1.29, 1.82) is 0 Å². The van der Waals surface area contributed by atoms with Crippen molar-refractivity contribution in [2.24, 2.45) is 11.5 Å². The maximum atomic E-state index is 12.5. The van der Waals surface area contributed by atoms with Crippen LogP contribution in [-0.4, -0.2) is 6.54 Å². The minimum Gasteiger partial charge on any atom is -0.330 e. The summed E-state index contributed by atoms with van der Waals surface area (Å²) in [6, 6.07) is 9.07. The van der Waals surface area contributed by atoms with Crippen molar-refractivity contribution >= 4 is 31.9 Å². The fraction of sp³-hybridized carbons (Fsp3) is 0.250. The highest BCUT2D eigenvalue weighted by molar-refractivity contribution is 9.10. The molecule has 1 unspecified atom stereocenters. The monoisotopic (exact) mass is 434 g/mol. The molecule has 0 spiro atoms. The van der Waals surface area contributed by atoms with Gasteiger partial charge in [-0.05, 0) is 55.3 Å². The molecule has 1 atom stereocenters. The van der Waals surface area contributed by atoms with Crippen LogP contribution in [0.15, 0.2) is 45.3 Å². The van der Waals surface area contributed by atoms with Crippen molar-refractivity contribution in [2.45, 2.75) is 19.4 Å². The third-order valence-electron chi connectivity index (χ3n) is 2.88. The fourth-order valence-corrected chi connectivity index (χ4v) is 3.01. The smallest absolute Gasteiger partial charge is 0.124 e. The maximum absolute atomic E-state index is 12.5. The van der Waals surface area contributed by atoms with Crippen molar-refractivity contribution in [1.82, 2.24) is 0 Å². The predicted molar refractivity (Wildman–Crippen MR) is 93.6 cm³/mol.